The maximum Gasteiger partial charge on any atom is 0.416 e. The van der Waals surface area contributed by atoms with Crippen LogP contribution in [0, 0.1) is 0 Å². The zero-order valence-corrected chi connectivity index (χ0v) is 18.9. The summed E-state index contributed by atoms with van der Waals surface area (Å²) in [7, 11) is 1.85. The minimum Gasteiger partial charge on any atom is -0.454 e. The van der Waals surface area contributed by atoms with Gasteiger partial charge in [-0.2, -0.15) is 13.2 Å². The monoisotopic (exact) mass is 480 g/mol. The molecule has 2 heterocycles. The molecule has 0 aliphatic carbocycles. The van der Waals surface area contributed by atoms with Crippen molar-refractivity contribution in [2.75, 3.05) is 6.79 Å². The predicted octanol–water partition coefficient (Wildman–Crippen LogP) is 5.76. The first-order valence-corrected chi connectivity index (χ1v) is 11.2. The van der Waals surface area contributed by atoms with Gasteiger partial charge in [-0.25, -0.2) is 0 Å². The fourth-order valence-electron chi connectivity index (χ4n) is 4.61. The van der Waals surface area contributed by atoms with E-state index >= 15 is 0 Å². The topological polar surface area (TPSA) is 52.5 Å². The van der Waals surface area contributed by atoms with E-state index in [0.717, 1.165) is 22.5 Å². The number of rotatable bonds is 6. The molecule has 8 heteroatoms. The van der Waals surface area contributed by atoms with Crippen molar-refractivity contribution in [3.63, 3.8) is 0 Å². The summed E-state index contributed by atoms with van der Waals surface area (Å²) in [6.07, 6.45) is -2.86. The number of benzene rings is 3. The highest BCUT2D eigenvalue weighted by Gasteiger charge is 2.36. The Balaban J connectivity index is 1.47. The Morgan fingerprint density at radius 2 is 1.74 bits per heavy atom. The highest BCUT2D eigenvalue weighted by molar-refractivity contribution is 5.86. The molecule has 1 aliphatic heterocycles. The molecule has 0 bridgehead atoms. The highest BCUT2D eigenvalue weighted by atomic mass is 19.4. The largest absolute Gasteiger partial charge is 0.454 e. The molecule has 35 heavy (non-hydrogen) atoms. The number of para-hydroxylation sites is 1. The molecular weight excluding hydrogens is 457 g/mol. The van der Waals surface area contributed by atoms with E-state index in [1.807, 2.05) is 48.1 Å². The summed E-state index contributed by atoms with van der Waals surface area (Å²) in [5.74, 6) is 0.109. The number of aromatic nitrogens is 1. The predicted molar refractivity (Wildman–Crippen MR) is 125 cm³/mol. The van der Waals surface area contributed by atoms with Gasteiger partial charge in [0.25, 0.3) is 0 Å². The Morgan fingerprint density at radius 3 is 2.57 bits per heavy atom. The van der Waals surface area contributed by atoms with Crippen LogP contribution in [0.25, 0.3) is 10.9 Å². The summed E-state index contributed by atoms with van der Waals surface area (Å²) in [6.45, 7) is 0.370. The number of carbonyl (C=O) groups excluding carboxylic acids is 1. The second-order valence-corrected chi connectivity index (χ2v) is 8.52. The van der Waals surface area contributed by atoms with E-state index in [1.54, 1.807) is 18.2 Å². The van der Waals surface area contributed by atoms with Gasteiger partial charge in [0, 0.05) is 43.0 Å². The molecule has 1 N–H and O–H groups in total. The van der Waals surface area contributed by atoms with E-state index < -0.39 is 17.7 Å². The fraction of sp³-hybridized carbons (Fsp3) is 0.222. The maximum absolute atomic E-state index is 13.9. The number of halogens is 3. The average Bonchev–Trinajstić information content (AvgIpc) is 3.45. The van der Waals surface area contributed by atoms with Gasteiger partial charge < -0.3 is 19.4 Å². The third-order valence-corrected chi connectivity index (χ3v) is 6.26. The van der Waals surface area contributed by atoms with Crippen LogP contribution in [-0.2, 0) is 24.6 Å². The van der Waals surface area contributed by atoms with Crippen molar-refractivity contribution < 1.29 is 27.4 Å². The smallest absolute Gasteiger partial charge is 0.416 e. The van der Waals surface area contributed by atoms with E-state index in [1.165, 1.54) is 12.1 Å². The van der Waals surface area contributed by atoms with E-state index in [9.17, 15) is 18.0 Å². The summed E-state index contributed by atoms with van der Waals surface area (Å²) < 4.78 is 54.3. The molecule has 1 atom stereocenters. The minimum atomic E-state index is -4.54. The molecule has 5 rings (SSSR count). The van der Waals surface area contributed by atoms with Crippen LogP contribution in [0.15, 0.2) is 72.9 Å². The van der Waals surface area contributed by atoms with Crippen LogP contribution in [0.4, 0.5) is 13.2 Å². The number of aryl methyl sites for hydroxylation is 1. The second kappa shape index (κ2) is 9.02. The Kier molecular flexibility index (Phi) is 5.88. The number of hydrogen-bond donors (Lipinski definition) is 1. The van der Waals surface area contributed by atoms with Gasteiger partial charge >= 0.3 is 6.18 Å². The average molecular weight is 480 g/mol. The van der Waals surface area contributed by atoms with E-state index in [4.69, 9.17) is 9.47 Å². The lowest BCUT2D eigenvalue weighted by Crippen LogP contribution is -2.25. The van der Waals surface area contributed by atoms with E-state index in [0.29, 0.717) is 17.1 Å². The molecule has 4 aromatic rings. The van der Waals surface area contributed by atoms with Crippen molar-refractivity contribution in [1.82, 2.24) is 9.88 Å². The second-order valence-electron chi connectivity index (χ2n) is 8.52. The Bertz CT molecular complexity index is 1390. The fourth-order valence-corrected chi connectivity index (χ4v) is 4.61. The van der Waals surface area contributed by atoms with E-state index in [-0.39, 0.29) is 31.2 Å². The van der Waals surface area contributed by atoms with Gasteiger partial charge in [-0.1, -0.05) is 42.5 Å². The molecular formula is C27H23F3N2O3. The Labute approximate surface area is 200 Å². The lowest BCUT2D eigenvalue weighted by atomic mass is 9.85. The van der Waals surface area contributed by atoms with Crippen LogP contribution in [0.1, 0.15) is 34.6 Å². The molecule has 1 unspecified atom stereocenters. The zero-order valence-electron chi connectivity index (χ0n) is 18.9. The maximum atomic E-state index is 13.9. The number of ether oxygens (including phenoxy) is 2. The van der Waals surface area contributed by atoms with Gasteiger partial charge in [0.05, 0.1) is 5.56 Å². The highest BCUT2D eigenvalue weighted by Crippen LogP contribution is 2.41. The summed E-state index contributed by atoms with van der Waals surface area (Å²) >= 11 is 0. The Hall–Kier alpha value is -3.94. The van der Waals surface area contributed by atoms with Crippen molar-refractivity contribution >= 4 is 16.8 Å². The number of hydrogen-bond acceptors (Lipinski definition) is 3. The summed E-state index contributed by atoms with van der Waals surface area (Å²) in [5.41, 5.74) is 1.71. The zero-order chi connectivity index (χ0) is 24.6. The van der Waals surface area contributed by atoms with E-state index in [2.05, 4.69) is 5.32 Å². The number of alkyl halides is 3. The van der Waals surface area contributed by atoms with Gasteiger partial charge in [0.1, 0.15) is 0 Å². The van der Waals surface area contributed by atoms with Gasteiger partial charge in [0.2, 0.25) is 12.7 Å². The molecule has 3 aromatic carbocycles. The molecule has 0 saturated carbocycles. The van der Waals surface area contributed by atoms with Gasteiger partial charge in [-0.15, -0.1) is 0 Å². The van der Waals surface area contributed by atoms with Crippen LogP contribution in [-0.4, -0.2) is 17.3 Å². The first kappa shape index (κ1) is 22.8. The van der Waals surface area contributed by atoms with Gasteiger partial charge in [-0.3, -0.25) is 4.79 Å². The van der Waals surface area contributed by atoms with Gasteiger partial charge in [-0.05, 0) is 41.0 Å². The van der Waals surface area contributed by atoms with Crippen LogP contribution in [0.5, 0.6) is 11.5 Å². The van der Waals surface area contributed by atoms with Crippen LogP contribution in [0.3, 0.4) is 0 Å². The molecule has 180 valence electrons. The van der Waals surface area contributed by atoms with Crippen molar-refractivity contribution in [2.24, 2.45) is 7.05 Å². The number of nitrogens with zero attached hydrogens (tertiary/aromatic N) is 1. The van der Waals surface area contributed by atoms with Gasteiger partial charge in [0.15, 0.2) is 11.5 Å². The third-order valence-electron chi connectivity index (χ3n) is 6.26. The number of carbonyl (C=O) groups is 1. The molecule has 1 amide bonds. The molecule has 1 aliphatic rings. The van der Waals surface area contributed by atoms with Crippen molar-refractivity contribution in [3.05, 3.63) is 95.2 Å². The van der Waals surface area contributed by atoms with Crippen LogP contribution >= 0.6 is 0 Å². The van der Waals surface area contributed by atoms with Crippen molar-refractivity contribution in [2.45, 2.75) is 25.1 Å². The summed E-state index contributed by atoms with van der Waals surface area (Å²) in [6, 6.07) is 18.3. The number of fused-ring (bicyclic) bond motifs is 2. The van der Waals surface area contributed by atoms with Crippen LogP contribution in [0.2, 0.25) is 0 Å². The van der Waals surface area contributed by atoms with Crippen molar-refractivity contribution in [1.29, 1.82) is 0 Å². The molecule has 0 radical (unpaired) electrons. The SMILES string of the molecule is Cn1cc(C(CC(=O)NCc2ccc3c(c2)OCO3)c2ccccc2C(F)(F)F)c2ccccc21. The van der Waals surface area contributed by atoms with Crippen LogP contribution < -0.4 is 14.8 Å². The molecule has 0 spiro atoms. The quantitative estimate of drug-likeness (QED) is 0.382. The first-order valence-electron chi connectivity index (χ1n) is 11.2. The molecule has 1 aromatic heterocycles. The lowest BCUT2D eigenvalue weighted by molar-refractivity contribution is -0.138. The minimum absolute atomic E-state index is 0.0783. The molecule has 5 nitrogen and oxygen atoms in total. The summed E-state index contributed by atoms with van der Waals surface area (Å²) in [4.78, 5) is 13.1. The lowest BCUT2D eigenvalue weighted by Gasteiger charge is -2.22. The molecule has 0 saturated heterocycles. The number of nitrogens with one attached hydrogen (secondary N) is 1. The summed E-state index contributed by atoms with van der Waals surface area (Å²) in [5, 5.41) is 3.67. The van der Waals surface area contributed by atoms with Crippen molar-refractivity contribution in [3.8, 4) is 11.5 Å². The third kappa shape index (κ3) is 4.56. The standard InChI is InChI=1S/C27H23F3N2O3/c1-32-15-21(19-7-3-5-9-23(19)32)20(18-6-2-4-8-22(18)27(28,29)30)13-26(33)31-14-17-10-11-24-25(12-17)35-16-34-24/h2-12,15,20H,13-14,16H2,1H3,(H,31,33). The normalized spacial score (nSPS) is 13.7. The first-order chi connectivity index (χ1) is 16.8. The Morgan fingerprint density at radius 1 is 1.00 bits per heavy atom. The number of amides is 1. The molecule has 0 fully saturated rings.